The molecule has 0 aromatic heterocycles. The van der Waals surface area contributed by atoms with Crippen LogP contribution in [0.1, 0.15) is 13.3 Å². The van der Waals surface area contributed by atoms with Crippen molar-refractivity contribution >= 4 is 34.9 Å². The zero-order chi connectivity index (χ0) is 13.4. The van der Waals surface area contributed by atoms with Crippen molar-refractivity contribution in [2.24, 2.45) is 0 Å². The Morgan fingerprint density at radius 3 is 2.61 bits per heavy atom. The van der Waals surface area contributed by atoms with Gasteiger partial charge in [0.15, 0.2) is 0 Å². The molecule has 0 fully saturated rings. The standard InChI is InChI=1S/C12H17Cl2N3O/c1-2-5-15-6-7-16-12(18)17-9-3-4-10(13)11(14)8-9/h3-4,8,15H,2,5-7H2,1H3,(H2,16,17,18). The molecule has 4 nitrogen and oxygen atoms in total. The second-order valence-corrected chi connectivity index (χ2v) is 4.57. The topological polar surface area (TPSA) is 53.2 Å². The lowest BCUT2D eigenvalue weighted by Crippen LogP contribution is -2.34. The van der Waals surface area contributed by atoms with E-state index in [-0.39, 0.29) is 6.03 Å². The number of carbonyl (C=O) groups is 1. The third-order valence-electron chi connectivity index (χ3n) is 2.19. The number of halogens is 2. The van der Waals surface area contributed by atoms with Crippen molar-refractivity contribution in [2.75, 3.05) is 25.0 Å². The Labute approximate surface area is 117 Å². The summed E-state index contributed by atoms with van der Waals surface area (Å²) in [6, 6.07) is 4.69. The summed E-state index contributed by atoms with van der Waals surface area (Å²) in [5, 5.41) is 9.49. The van der Waals surface area contributed by atoms with Crippen LogP contribution < -0.4 is 16.0 Å². The highest BCUT2D eigenvalue weighted by molar-refractivity contribution is 6.42. The maximum absolute atomic E-state index is 11.5. The molecular formula is C12H17Cl2N3O. The lowest BCUT2D eigenvalue weighted by molar-refractivity contribution is 0.252. The van der Waals surface area contributed by atoms with Crippen molar-refractivity contribution in [3.8, 4) is 0 Å². The average molecular weight is 290 g/mol. The highest BCUT2D eigenvalue weighted by atomic mass is 35.5. The molecule has 1 aromatic carbocycles. The van der Waals surface area contributed by atoms with E-state index >= 15 is 0 Å². The minimum absolute atomic E-state index is 0.258. The summed E-state index contributed by atoms with van der Waals surface area (Å²) >= 11 is 11.6. The fraction of sp³-hybridized carbons (Fsp3) is 0.417. The van der Waals surface area contributed by atoms with E-state index < -0.39 is 0 Å². The number of benzene rings is 1. The molecule has 0 bridgehead atoms. The number of anilines is 1. The van der Waals surface area contributed by atoms with E-state index in [0.29, 0.717) is 22.3 Å². The van der Waals surface area contributed by atoms with Crippen LogP contribution in [0.4, 0.5) is 10.5 Å². The summed E-state index contributed by atoms with van der Waals surface area (Å²) in [6.07, 6.45) is 1.08. The summed E-state index contributed by atoms with van der Waals surface area (Å²) in [5.41, 5.74) is 0.614. The van der Waals surface area contributed by atoms with E-state index in [1.807, 2.05) is 0 Å². The van der Waals surface area contributed by atoms with Gasteiger partial charge in [0.25, 0.3) is 0 Å². The zero-order valence-electron chi connectivity index (χ0n) is 10.2. The first-order valence-corrected chi connectivity index (χ1v) is 6.59. The molecule has 1 aromatic rings. The Bertz CT molecular complexity index is 399. The number of nitrogens with one attached hydrogen (secondary N) is 3. The molecule has 0 heterocycles. The first-order valence-electron chi connectivity index (χ1n) is 5.84. The van der Waals surface area contributed by atoms with Crippen LogP contribution in [0.3, 0.4) is 0 Å². The van der Waals surface area contributed by atoms with Crippen LogP contribution >= 0.6 is 23.2 Å². The number of hydrogen-bond donors (Lipinski definition) is 3. The molecule has 3 N–H and O–H groups in total. The SMILES string of the molecule is CCCNCCNC(=O)Nc1ccc(Cl)c(Cl)c1. The Kier molecular flexibility index (Phi) is 6.86. The summed E-state index contributed by atoms with van der Waals surface area (Å²) < 4.78 is 0. The fourth-order valence-corrected chi connectivity index (χ4v) is 1.61. The number of amides is 2. The molecule has 0 unspecified atom stereocenters. The van der Waals surface area contributed by atoms with Gasteiger partial charge in [-0.2, -0.15) is 0 Å². The maximum atomic E-state index is 11.5. The van der Waals surface area contributed by atoms with Gasteiger partial charge in [-0.25, -0.2) is 4.79 Å². The molecule has 0 spiro atoms. The molecule has 0 aliphatic rings. The highest BCUT2D eigenvalue weighted by Crippen LogP contribution is 2.24. The van der Waals surface area contributed by atoms with Crippen LogP contribution in [-0.4, -0.2) is 25.7 Å². The van der Waals surface area contributed by atoms with Gasteiger partial charge in [-0.3, -0.25) is 0 Å². The van der Waals surface area contributed by atoms with Crippen LogP contribution in [0.25, 0.3) is 0 Å². The van der Waals surface area contributed by atoms with E-state index in [9.17, 15) is 4.79 Å². The summed E-state index contributed by atoms with van der Waals surface area (Å²) in [5.74, 6) is 0. The third kappa shape index (κ3) is 5.58. The second kappa shape index (κ2) is 8.19. The van der Waals surface area contributed by atoms with Crippen LogP contribution in [0.2, 0.25) is 10.0 Å². The number of urea groups is 1. The lowest BCUT2D eigenvalue weighted by atomic mass is 10.3. The van der Waals surface area contributed by atoms with Crippen molar-refractivity contribution in [3.05, 3.63) is 28.2 Å². The van der Waals surface area contributed by atoms with Crippen LogP contribution in [0.15, 0.2) is 18.2 Å². The van der Waals surface area contributed by atoms with E-state index in [0.717, 1.165) is 19.5 Å². The number of rotatable bonds is 6. The molecule has 100 valence electrons. The molecular weight excluding hydrogens is 273 g/mol. The van der Waals surface area contributed by atoms with Gasteiger partial charge in [0.05, 0.1) is 10.0 Å². The predicted octanol–water partition coefficient (Wildman–Crippen LogP) is 3.11. The Morgan fingerprint density at radius 2 is 1.94 bits per heavy atom. The van der Waals surface area contributed by atoms with Gasteiger partial charge in [0, 0.05) is 18.8 Å². The van der Waals surface area contributed by atoms with Gasteiger partial charge in [-0.1, -0.05) is 30.1 Å². The second-order valence-electron chi connectivity index (χ2n) is 3.76. The summed E-state index contributed by atoms with van der Waals surface area (Å²) in [7, 11) is 0. The van der Waals surface area contributed by atoms with Crippen LogP contribution in [0.5, 0.6) is 0 Å². The van der Waals surface area contributed by atoms with Crippen molar-refractivity contribution in [1.82, 2.24) is 10.6 Å². The monoisotopic (exact) mass is 289 g/mol. The van der Waals surface area contributed by atoms with Crippen LogP contribution in [-0.2, 0) is 0 Å². The van der Waals surface area contributed by atoms with Crippen LogP contribution in [0, 0.1) is 0 Å². The molecule has 6 heteroatoms. The van der Waals surface area contributed by atoms with Gasteiger partial charge in [0.2, 0.25) is 0 Å². The van der Waals surface area contributed by atoms with Crippen molar-refractivity contribution in [2.45, 2.75) is 13.3 Å². The van der Waals surface area contributed by atoms with E-state index in [1.54, 1.807) is 18.2 Å². The van der Waals surface area contributed by atoms with Gasteiger partial charge < -0.3 is 16.0 Å². The molecule has 0 atom stereocenters. The molecule has 0 aliphatic carbocycles. The molecule has 18 heavy (non-hydrogen) atoms. The highest BCUT2D eigenvalue weighted by Gasteiger charge is 2.03. The summed E-state index contributed by atoms with van der Waals surface area (Å²) in [4.78, 5) is 11.5. The third-order valence-corrected chi connectivity index (χ3v) is 2.93. The molecule has 1 rings (SSSR count). The molecule has 0 radical (unpaired) electrons. The van der Waals surface area contributed by atoms with Crippen molar-refractivity contribution in [3.63, 3.8) is 0 Å². The van der Waals surface area contributed by atoms with Gasteiger partial charge >= 0.3 is 6.03 Å². The molecule has 2 amide bonds. The minimum Gasteiger partial charge on any atom is -0.337 e. The van der Waals surface area contributed by atoms with E-state index in [4.69, 9.17) is 23.2 Å². The van der Waals surface area contributed by atoms with Gasteiger partial charge in [0.1, 0.15) is 0 Å². The first kappa shape index (κ1) is 15.1. The summed E-state index contributed by atoms with van der Waals surface area (Å²) in [6.45, 7) is 4.38. The minimum atomic E-state index is -0.258. The van der Waals surface area contributed by atoms with E-state index in [2.05, 4.69) is 22.9 Å². The fourth-order valence-electron chi connectivity index (χ4n) is 1.32. The molecule has 0 saturated carbocycles. The van der Waals surface area contributed by atoms with Gasteiger partial charge in [-0.15, -0.1) is 0 Å². The molecule has 0 aliphatic heterocycles. The smallest absolute Gasteiger partial charge is 0.319 e. The Morgan fingerprint density at radius 1 is 1.17 bits per heavy atom. The normalized spacial score (nSPS) is 10.2. The molecule has 0 saturated heterocycles. The van der Waals surface area contributed by atoms with Gasteiger partial charge in [-0.05, 0) is 31.2 Å². The van der Waals surface area contributed by atoms with Crippen molar-refractivity contribution in [1.29, 1.82) is 0 Å². The zero-order valence-corrected chi connectivity index (χ0v) is 11.7. The number of carbonyl (C=O) groups excluding carboxylic acids is 1. The maximum Gasteiger partial charge on any atom is 0.319 e. The van der Waals surface area contributed by atoms with Crippen molar-refractivity contribution < 1.29 is 4.79 Å². The lowest BCUT2D eigenvalue weighted by Gasteiger charge is -2.08. The largest absolute Gasteiger partial charge is 0.337 e. The number of hydrogen-bond acceptors (Lipinski definition) is 2. The average Bonchev–Trinajstić information content (AvgIpc) is 2.34. The Hall–Kier alpha value is -0.970. The first-order chi connectivity index (χ1) is 8.63. The predicted molar refractivity (Wildman–Crippen MR) is 76.6 cm³/mol. The Balaban J connectivity index is 2.29. The van der Waals surface area contributed by atoms with E-state index in [1.165, 1.54) is 0 Å². The quantitative estimate of drug-likeness (QED) is 0.705.